The molecule has 22 heavy (non-hydrogen) atoms. The van der Waals surface area contributed by atoms with E-state index >= 15 is 0 Å². The third-order valence-electron chi connectivity index (χ3n) is 3.36. The Kier molecular flexibility index (Phi) is 3.40. The molecule has 0 radical (unpaired) electrons. The van der Waals surface area contributed by atoms with Gasteiger partial charge in [-0.25, -0.2) is 8.78 Å². The molecule has 0 amide bonds. The molecule has 0 fully saturated rings. The van der Waals surface area contributed by atoms with Crippen LogP contribution in [0.5, 0.6) is 0 Å². The lowest BCUT2D eigenvalue weighted by molar-refractivity contribution is 0.506. The van der Waals surface area contributed by atoms with E-state index in [1.54, 1.807) is 0 Å². The second-order valence-electron chi connectivity index (χ2n) is 4.83. The molecule has 0 saturated carbocycles. The Labute approximate surface area is 129 Å². The first-order valence-electron chi connectivity index (χ1n) is 6.39. The van der Waals surface area contributed by atoms with Crippen LogP contribution in [0.1, 0.15) is 5.56 Å². The van der Waals surface area contributed by atoms with Gasteiger partial charge in [-0.3, -0.25) is 0 Å². The Hall–Kier alpha value is -2.35. The van der Waals surface area contributed by atoms with Crippen molar-refractivity contribution in [2.24, 2.45) is 7.05 Å². The maximum atomic E-state index is 13.4. The van der Waals surface area contributed by atoms with Gasteiger partial charge in [0, 0.05) is 11.9 Å². The lowest BCUT2D eigenvalue weighted by Gasteiger charge is -2.05. The van der Waals surface area contributed by atoms with Crippen LogP contribution in [0.4, 0.5) is 20.5 Å². The summed E-state index contributed by atoms with van der Waals surface area (Å²) in [5, 5.41) is 1.52. The van der Waals surface area contributed by atoms with Gasteiger partial charge in [-0.05, 0) is 30.7 Å². The zero-order valence-electron chi connectivity index (χ0n) is 11.9. The van der Waals surface area contributed by atoms with Gasteiger partial charge in [0.05, 0.1) is 10.4 Å². The van der Waals surface area contributed by atoms with E-state index in [4.69, 9.17) is 11.5 Å². The summed E-state index contributed by atoms with van der Waals surface area (Å²) in [7, 11) is 1.81. The average molecular weight is 321 g/mol. The number of aryl methyl sites for hydroxylation is 2. The molecule has 114 valence electrons. The fraction of sp³-hybridized carbons (Fsp3) is 0.143. The maximum Gasteiger partial charge on any atom is 0.223 e. The van der Waals surface area contributed by atoms with Gasteiger partial charge in [0.1, 0.15) is 11.5 Å². The number of hydrogen-bond acceptors (Lipinski definition) is 5. The van der Waals surface area contributed by atoms with Gasteiger partial charge in [0.25, 0.3) is 0 Å². The molecular formula is C14H13F2N5S. The van der Waals surface area contributed by atoms with Gasteiger partial charge in [-0.15, -0.1) is 0 Å². The van der Waals surface area contributed by atoms with Crippen LogP contribution >= 0.6 is 11.8 Å². The van der Waals surface area contributed by atoms with Gasteiger partial charge in [-0.1, -0.05) is 11.8 Å². The summed E-state index contributed by atoms with van der Waals surface area (Å²) in [5.41, 5.74) is 13.0. The molecule has 2 aromatic heterocycles. The lowest BCUT2D eigenvalue weighted by Crippen LogP contribution is -2.01. The summed E-state index contributed by atoms with van der Waals surface area (Å²) in [4.78, 5) is 8.73. The minimum Gasteiger partial charge on any atom is -0.383 e. The number of rotatable bonds is 2. The summed E-state index contributed by atoms with van der Waals surface area (Å²) in [5.74, 6) is -1.37. The van der Waals surface area contributed by atoms with Crippen LogP contribution < -0.4 is 11.5 Å². The van der Waals surface area contributed by atoms with E-state index in [-0.39, 0.29) is 5.95 Å². The molecule has 0 spiro atoms. The smallest absolute Gasteiger partial charge is 0.223 e. The number of anilines is 2. The van der Waals surface area contributed by atoms with Crippen molar-refractivity contribution in [2.75, 3.05) is 11.5 Å². The van der Waals surface area contributed by atoms with E-state index in [0.29, 0.717) is 21.7 Å². The molecule has 3 rings (SSSR count). The molecule has 0 aliphatic carbocycles. The first-order valence-corrected chi connectivity index (χ1v) is 7.21. The number of aromatic nitrogens is 3. The molecule has 0 aliphatic heterocycles. The molecule has 3 aromatic rings. The topological polar surface area (TPSA) is 82.8 Å². The van der Waals surface area contributed by atoms with E-state index in [1.165, 1.54) is 17.8 Å². The van der Waals surface area contributed by atoms with Crippen LogP contribution in [0, 0.1) is 18.6 Å². The largest absolute Gasteiger partial charge is 0.383 e. The summed E-state index contributed by atoms with van der Waals surface area (Å²) >= 11 is 1.30. The van der Waals surface area contributed by atoms with Crippen LogP contribution in [0.15, 0.2) is 28.1 Å². The van der Waals surface area contributed by atoms with E-state index in [2.05, 4.69) is 9.97 Å². The normalized spacial score (nSPS) is 11.3. The maximum absolute atomic E-state index is 13.4. The van der Waals surface area contributed by atoms with Crippen molar-refractivity contribution < 1.29 is 8.78 Å². The Morgan fingerprint density at radius 3 is 2.55 bits per heavy atom. The van der Waals surface area contributed by atoms with Crippen molar-refractivity contribution in [3.63, 3.8) is 0 Å². The van der Waals surface area contributed by atoms with E-state index in [0.717, 1.165) is 22.7 Å². The summed E-state index contributed by atoms with van der Waals surface area (Å²) in [6, 6.07) is 3.77. The summed E-state index contributed by atoms with van der Waals surface area (Å²) in [6.07, 6.45) is 0. The molecule has 5 nitrogen and oxygen atoms in total. The first kappa shape index (κ1) is 14.6. The number of fused-ring (bicyclic) bond motifs is 1. The molecule has 0 unspecified atom stereocenters. The van der Waals surface area contributed by atoms with Crippen molar-refractivity contribution in [1.82, 2.24) is 14.5 Å². The Bertz CT molecular complexity index is 891. The predicted octanol–water partition coefficient (Wildman–Crippen LogP) is 2.87. The minimum absolute atomic E-state index is 0.0926. The molecule has 1 aromatic carbocycles. The van der Waals surface area contributed by atoms with Gasteiger partial charge in [0.15, 0.2) is 11.6 Å². The zero-order valence-corrected chi connectivity index (χ0v) is 12.7. The average Bonchev–Trinajstić information content (AvgIpc) is 2.68. The number of nitrogen functional groups attached to an aromatic ring is 2. The van der Waals surface area contributed by atoms with Crippen LogP contribution in [0.3, 0.4) is 0 Å². The molecule has 2 heterocycles. The van der Waals surface area contributed by atoms with Gasteiger partial charge in [0.2, 0.25) is 5.95 Å². The second kappa shape index (κ2) is 5.13. The number of nitrogens with two attached hydrogens (primary N) is 2. The third kappa shape index (κ3) is 2.25. The van der Waals surface area contributed by atoms with Crippen LogP contribution in [0.25, 0.3) is 11.0 Å². The van der Waals surface area contributed by atoms with Gasteiger partial charge in [-0.2, -0.15) is 9.97 Å². The summed E-state index contributed by atoms with van der Waals surface area (Å²) in [6.45, 7) is 1.88. The van der Waals surface area contributed by atoms with Crippen molar-refractivity contribution in [2.45, 2.75) is 16.8 Å². The zero-order chi connectivity index (χ0) is 16.0. The summed E-state index contributed by atoms with van der Waals surface area (Å²) < 4.78 is 28.2. The molecule has 0 saturated heterocycles. The monoisotopic (exact) mass is 321 g/mol. The standard InChI is InChI=1S/C14H13F2N5S/c1-6-10-11(17)19-14(18)20-12(10)21(2)13(6)22-7-3-4-8(15)9(16)5-7/h3-5H,1-2H3,(H4,17,18,19,20). The van der Waals surface area contributed by atoms with Crippen molar-refractivity contribution in [1.29, 1.82) is 0 Å². The molecule has 8 heteroatoms. The fourth-order valence-electron chi connectivity index (χ4n) is 2.34. The SMILES string of the molecule is Cc1c(Sc2ccc(F)c(F)c2)n(C)c2nc(N)nc(N)c12. The van der Waals surface area contributed by atoms with Gasteiger partial charge < -0.3 is 16.0 Å². The van der Waals surface area contributed by atoms with Crippen LogP contribution in [-0.4, -0.2) is 14.5 Å². The quantitative estimate of drug-likeness (QED) is 0.758. The first-order chi connectivity index (χ1) is 10.4. The van der Waals surface area contributed by atoms with Crippen molar-refractivity contribution in [3.8, 4) is 0 Å². The highest BCUT2D eigenvalue weighted by atomic mass is 32.2. The second-order valence-corrected chi connectivity index (χ2v) is 5.90. The van der Waals surface area contributed by atoms with Crippen molar-refractivity contribution >= 4 is 34.6 Å². The molecule has 0 aliphatic rings. The lowest BCUT2D eigenvalue weighted by atomic mass is 10.2. The molecule has 0 bridgehead atoms. The van der Waals surface area contributed by atoms with E-state index in [1.807, 2.05) is 18.5 Å². The highest BCUT2D eigenvalue weighted by Gasteiger charge is 2.18. The van der Waals surface area contributed by atoms with Crippen LogP contribution in [0.2, 0.25) is 0 Å². The molecule has 4 N–H and O–H groups in total. The highest BCUT2D eigenvalue weighted by molar-refractivity contribution is 7.99. The number of halogens is 2. The number of benzene rings is 1. The van der Waals surface area contributed by atoms with E-state index < -0.39 is 11.6 Å². The Morgan fingerprint density at radius 2 is 1.86 bits per heavy atom. The molecule has 0 atom stereocenters. The molecular weight excluding hydrogens is 308 g/mol. The number of nitrogens with zero attached hydrogens (tertiary/aromatic N) is 3. The van der Waals surface area contributed by atoms with E-state index in [9.17, 15) is 8.78 Å². The Balaban J connectivity index is 2.15. The third-order valence-corrected chi connectivity index (χ3v) is 4.62. The fourth-order valence-corrected chi connectivity index (χ4v) is 3.34. The van der Waals surface area contributed by atoms with Crippen LogP contribution in [-0.2, 0) is 7.05 Å². The minimum atomic E-state index is -0.884. The number of hydrogen-bond donors (Lipinski definition) is 2. The van der Waals surface area contributed by atoms with Crippen molar-refractivity contribution in [3.05, 3.63) is 35.4 Å². The van der Waals surface area contributed by atoms with Gasteiger partial charge >= 0.3 is 0 Å². The Morgan fingerprint density at radius 1 is 1.14 bits per heavy atom. The predicted molar refractivity (Wildman–Crippen MR) is 82.6 cm³/mol. The highest BCUT2D eigenvalue weighted by Crippen LogP contribution is 2.37.